The maximum absolute atomic E-state index is 12.2. The van der Waals surface area contributed by atoms with Crippen molar-refractivity contribution in [2.45, 2.75) is 13.3 Å². The summed E-state index contributed by atoms with van der Waals surface area (Å²) in [5.41, 5.74) is 1.54. The van der Waals surface area contributed by atoms with Crippen molar-refractivity contribution >= 4 is 27.5 Å². The molecule has 1 heterocycles. The summed E-state index contributed by atoms with van der Waals surface area (Å²) < 4.78 is 29.4. The molecule has 0 bridgehead atoms. The fraction of sp³-hybridized carbons (Fsp3) is 0.429. The van der Waals surface area contributed by atoms with E-state index in [0.717, 1.165) is 11.8 Å². The number of nitrogens with zero attached hydrogens (tertiary/aromatic N) is 1. The molecule has 8 heteroatoms. The van der Waals surface area contributed by atoms with Gasteiger partial charge in [-0.25, -0.2) is 8.42 Å². The molecule has 0 radical (unpaired) electrons. The molecule has 1 aliphatic heterocycles. The third kappa shape index (κ3) is 3.56. The molecule has 1 fully saturated rings. The minimum Gasteiger partial charge on any atom is -0.495 e. The summed E-state index contributed by atoms with van der Waals surface area (Å²) in [5.74, 6) is -1.07. The molecule has 0 unspecified atom stereocenters. The Morgan fingerprint density at radius 1 is 1.41 bits per heavy atom. The maximum atomic E-state index is 12.2. The zero-order valence-electron chi connectivity index (χ0n) is 12.6. The molecule has 2 rings (SSSR count). The summed E-state index contributed by atoms with van der Waals surface area (Å²) in [4.78, 5) is 25.5. The van der Waals surface area contributed by atoms with Gasteiger partial charge in [0.25, 0.3) is 0 Å². The molecule has 1 N–H and O–H groups in total. The Bertz CT molecular complexity index is 714. The smallest absolute Gasteiger partial charge is 0.238 e. The van der Waals surface area contributed by atoms with Crippen LogP contribution < -0.4 is 14.4 Å². The first-order chi connectivity index (χ1) is 10.2. The van der Waals surface area contributed by atoms with Crippen LogP contribution in [0.3, 0.4) is 0 Å². The number of rotatable bonds is 4. The Balaban J connectivity index is 2.23. The average molecular weight is 326 g/mol. The van der Waals surface area contributed by atoms with Crippen molar-refractivity contribution in [3.63, 3.8) is 0 Å². The van der Waals surface area contributed by atoms with E-state index in [1.807, 2.05) is 17.7 Å². The summed E-state index contributed by atoms with van der Waals surface area (Å²) in [6.07, 6.45) is 0.876. The van der Waals surface area contributed by atoms with Crippen LogP contribution in [0.2, 0.25) is 0 Å². The van der Waals surface area contributed by atoms with Crippen molar-refractivity contribution in [3.05, 3.63) is 23.8 Å². The lowest BCUT2D eigenvalue weighted by Crippen LogP contribution is -2.36. The lowest BCUT2D eigenvalue weighted by Gasteiger charge is -2.20. The molecule has 0 aliphatic carbocycles. The van der Waals surface area contributed by atoms with Gasteiger partial charge in [-0.05, 0) is 24.6 Å². The van der Waals surface area contributed by atoms with Gasteiger partial charge in [-0.2, -0.15) is 0 Å². The molecular weight excluding hydrogens is 308 g/mol. The van der Waals surface area contributed by atoms with E-state index in [9.17, 15) is 18.0 Å². The Morgan fingerprint density at radius 2 is 2.09 bits per heavy atom. The maximum Gasteiger partial charge on any atom is 0.238 e. The highest BCUT2D eigenvalue weighted by molar-refractivity contribution is 7.89. The molecule has 1 aromatic rings. The fourth-order valence-electron chi connectivity index (χ4n) is 2.39. The SMILES string of the molecule is COc1ccc(C)cc1N1C[C@H](C(=O)NS(C)(=O)=O)CC1=O. The second kappa shape index (κ2) is 5.96. The van der Waals surface area contributed by atoms with E-state index in [1.54, 1.807) is 12.1 Å². The van der Waals surface area contributed by atoms with Crippen LogP contribution in [-0.2, 0) is 19.6 Å². The monoisotopic (exact) mass is 326 g/mol. The number of amides is 2. The van der Waals surface area contributed by atoms with Gasteiger partial charge in [0.2, 0.25) is 21.8 Å². The van der Waals surface area contributed by atoms with Gasteiger partial charge in [-0.15, -0.1) is 0 Å². The van der Waals surface area contributed by atoms with Crippen LogP contribution in [0.15, 0.2) is 18.2 Å². The first-order valence-electron chi connectivity index (χ1n) is 6.68. The van der Waals surface area contributed by atoms with Gasteiger partial charge in [0, 0.05) is 13.0 Å². The summed E-state index contributed by atoms with van der Waals surface area (Å²) in [7, 11) is -2.13. The third-order valence-corrected chi connectivity index (χ3v) is 3.98. The van der Waals surface area contributed by atoms with Gasteiger partial charge in [-0.3, -0.25) is 14.3 Å². The molecule has 0 spiro atoms. The van der Waals surface area contributed by atoms with Crippen molar-refractivity contribution in [2.75, 3.05) is 24.8 Å². The normalized spacial score (nSPS) is 18.4. The van der Waals surface area contributed by atoms with E-state index >= 15 is 0 Å². The lowest BCUT2D eigenvalue weighted by atomic mass is 10.1. The molecular formula is C14H18N2O5S. The highest BCUT2D eigenvalue weighted by Gasteiger charge is 2.37. The summed E-state index contributed by atoms with van der Waals surface area (Å²) in [5, 5.41) is 0. The molecule has 7 nitrogen and oxygen atoms in total. The largest absolute Gasteiger partial charge is 0.495 e. The molecule has 1 atom stereocenters. The second-order valence-electron chi connectivity index (χ2n) is 5.32. The molecule has 2 amide bonds. The highest BCUT2D eigenvalue weighted by Crippen LogP contribution is 2.33. The van der Waals surface area contributed by atoms with Crippen molar-refractivity contribution in [2.24, 2.45) is 5.92 Å². The predicted octanol–water partition coefficient (Wildman–Crippen LogP) is 0.432. The molecule has 1 saturated heterocycles. The number of hydrogen-bond acceptors (Lipinski definition) is 5. The van der Waals surface area contributed by atoms with Crippen molar-refractivity contribution < 1.29 is 22.7 Å². The highest BCUT2D eigenvalue weighted by atomic mass is 32.2. The molecule has 1 aliphatic rings. The number of aryl methyl sites for hydroxylation is 1. The Hall–Kier alpha value is -2.09. The number of nitrogens with one attached hydrogen (secondary N) is 1. The van der Waals surface area contributed by atoms with Crippen molar-refractivity contribution in [1.82, 2.24) is 4.72 Å². The standard InChI is InChI=1S/C14H18N2O5S/c1-9-4-5-12(21-2)11(6-9)16-8-10(7-13(16)17)14(18)15-22(3,19)20/h4-6,10H,7-8H2,1-3H3,(H,15,18)/t10-/m1/s1. The van der Waals surface area contributed by atoms with Gasteiger partial charge in [0.1, 0.15) is 5.75 Å². The van der Waals surface area contributed by atoms with Gasteiger partial charge < -0.3 is 9.64 Å². The lowest BCUT2D eigenvalue weighted by molar-refractivity contribution is -0.124. The molecule has 1 aromatic carbocycles. The van der Waals surface area contributed by atoms with E-state index in [-0.39, 0.29) is 18.9 Å². The summed E-state index contributed by atoms with van der Waals surface area (Å²) in [6, 6.07) is 5.41. The van der Waals surface area contributed by atoms with Crippen LogP contribution in [0.4, 0.5) is 5.69 Å². The first-order valence-corrected chi connectivity index (χ1v) is 8.57. The van der Waals surface area contributed by atoms with Gasteiger partial charge in [0.15, 0.2) is 0 Å². The number of anilines is 1. The quantitative estimate of drug-likeness (QED) is 0.866. The number of carbonyl (C=O) groups is 2. The van der Waals surface area contributed by atoms with Crippen LogP contribution >= 0.6 is 0 Å². The molecule has 0 aromatic heterocycles. The number of hydrogen-bond donors (Lipinski definition) is 1. The molecule has 22 heavy (non-hydrogen) atoms. The number of ether oxygens (including phenoxy) is 1. The van der Waals surface area contributed by atoms with E-state index in [0.29, 0.717) is 11.4 Å². The van der Waals surface area contributed by atoms with Gasteiger partial charge in [-0.1, -0.05) is 6.07 Å². The molecule has 0 saturated carbocycles. The van der Waals surface area contributed by atoms with Crippen molar-refractivity contribution in [1.29, 1.82) is 0 Å². The van der Waals surface area contributed by atoms with E-state index < -0.39 is 21.8 Å². The number of benzene rings is 1. The van der Waals surface area contributed by atoms with Gasteiger partial charge in [0.05, 0.1) is 25.0 Å². The summed E-state index contributed by atoms with van der Waals surface area (Å²) in [6.45, 7) is 2.01. The van der Waals surface area contributed by atoms with Crippen LogP contribution in [-0.4, -0.2) is 40.1 Å². The van der Waals surface area contributed by atoms with E-state index in [2.05, 4.69) is 0 Å². The van der Waals surface area contributed by atoms with E-state index in [1.165, 1.54) is 12.0 Å². The zero-order chi connectivity index (χ0) is 16.5. The molecule has 120 valence electrons. The Labute approximate surface area is 129 Å². The number of sulfonamides is 1. The van der Waals surface area contributed by atoms with Crippen LogP contribution in [0.25, 0.3) is 0 Å². The minimum atomic E-state index is -3.63. The second-order valence-corrected chi connectivity index (χ2v) is 7.07. The predicted molar refractivity (Wildman–Crippen MR) is 81.2 cm³/mol. The number of carbonyl (C=O) groups excluding carboxylic acids is 2. The Kier molecular flexibility index (Phi) is 4.41. The van der Waals surface area contributed by atoms with Crippen LogP contribution in [0.5, 0.6) is 5.75 Å². The van der Waals surface area contributed by atoms with Gasteiger partial charge >= 0.3 is 0 Å². The van der Waals surface area contributed by atoms with Crippen molar-refractivity contribution in [3.8, 4) is 5.75 Å². The average Bonchev–Trinajstić information content (AvgIpc) is 2.79. The fourth-order valence-corrected chi connectivity index (χ4v) is 2.93. The number of methoxy groups -OCH3 is 1. The first kappa shape index (κ1) is 16.3. The Morgan fingerprint density at radius 3 is 2.68 bits per heavy atom. The zero-order valence-corrected chi connectivity index (χ0v) is 13.4. The third-order valence-electron chi connectivity index (χ3n) is 3.41. The topological polar surface area (TPSA) is 92.8 Å². The van der Waals surface area contributed by atoms with E-state index in [4.69, 9.17) is 4.74 Å². The minimum absolute atomic E-state index is 0.0293. The van der Waals surface area contributed by atoms with Crippen LogP contribution in [0, 0.1) is 12.8 Å². The summed E-state index contributed by atoms with van der Waals surface area (Å²) >= 11 is 0. The van der Waals surface area contributed by atoms with Crippen LogP contribution in [0.1, 0.15) is 12.0 Å².